The fraction of sp³-hybridized carbons (Fsp3) is 0.600. The van der Waals surface area contributed by atoms with Crippen molar-refractivity contribution in [1.82, 2.24) is 0 Å². The van der Waals surface area contributed by atoms with E-state index >= 15 is 0 Å². The summed E-state index contributed by atoms with van der Waals surface area (Å²) in [7, 11) is -8.06. The molecule has 0 amide bonds. The minimum atomic E-state index is -2.01. The van der Waals surface area contributed by atoms with Crippen LogP contribution < -0.4 is 37.9 Å². The molecule has 0 fully saturated rings. The highest BCUT2D eigenvalue weighted by Crippen LogP contribution is 2.58. The minimum Gasteiger partial charge on any atom is -0.488 e. The van der Waals surface area contributed by atoms with Crippen molar-refractivity contribution in [2.45, 2.75) is 258 Å². The summed E-state index contributed by atoms with van der Waals surface area (Å²) in [5, 5.41) is 0. The predicted octanol–water partition coefficient (Wildman–Crippen LogP) is 20.4. The molecule has 8 nitrogen and oxygen atoms in total. The summed E-state index contributed by atoms with van der Waals surface area (Å²) in [4.78, 5) is 0. The average Bonchev–Trinajstić information content (AvgIpc) is 1.17. The van der Waals surface area contributed by atoms with Gasteiger partial charge in [-0.1, -0.05) is 233 Å². The molecule has 92 heavy (non-hydrogen) atoms. The van der Waals surface area contributed by atoms with Crippen molar-refractivity contribution in [2.24, 2.45) is 0 Å². The summed E-state index contributed by atoms with van der Waals surface area (Å²) in [6.07, 6.45) is 21.0. The quantitative estimate of drug-likeness (QED) is 0.0492. The van der Waals surface area contributed by atoms with Gasteiger partial charge < -0.3 is 37.9 Å². The fourth-order valence-corrected chi connectivity index (χ4v) is 15.7. The zero-order valence-electron chi connectivity index (χ0n) is 59.7. The number of unbranched alkanes of at least 4 members (excludes halogenated alkanes) is 12. The van der Waals surface area contributed by atoms with E-state index < -0.39 is 32.3 Å². The average molecular weight is 1310 g/mol. The van der Waals surface area contributed by atoms with Crippen molar-refractivity contribution in [3.8, 4) is 91.9 Å². The van der Waals surface area contributed by atoms with Gasteiger partial charge in [0.1, 0.15) is 153 Å². The van der Waals surface area contributed by atoms with Gasteiger partial charge in [-0.25, -0.2) is 0 Å². The molecule has 9 rings (SSSR count). The molecular formula is C80H112O8Si4. The van der Waals surface area contributed by atoms with Crippen molar-refractivity contribution in [2.75, 3.05) is 52.9 Å². The Balaban J connectivity index is 1.61. The van der Waals surface area contributed by atoms with Gasteiger partial charge in [0.25, 0.3) is 0 Å². The van der Waals surface area contributed by atoms with Gasteiger partial charge in [0.15, 0.2) is 0 Å². The maximum atomic E-state index is 7.41. The summed E-state index contributed by atoms with van der Waals surface area (Å²) in [6.45, 7) is 39.7. The Morgan fingerprint density at radius 2 is 0.424 bits per heavy atom. The molecule has 0 radical (unpaired) electrons. The van der Waals surface area contributed by atoms with Crippen molar-refractivity contribution in [3.63, 3.8) is 0 Å². The largest absolute Gasteiger partial charge is 0.488 e. The summed E-state index contributed by atoms with van der Waals surface area (Å²) >= 11 is 0. The molecule has 0 unspecified atom stereocenters. The van der Waals surface area contributed by atoms with Crippen LogP contribution in [0.25, 0.3) is 0 Å². The van der Waals surface area contributed by atoms with E-state index in [0.717, 1.165) is 241 Å². The molecule has 0 saturated heterocycles. The highest BCUT2D eigenvalue weighted by atomic mass is 28.3. The van der Waals surface area contributed by atoms with Crippen LogP contribution in [0.2, 0.25) is 78.6 Å². The van der Waals surface area contributed by atoms with E-state index in [2.05, 4.69) is 176 Å². The first-order valence-electron chi connectivity index (χ1n) is 36.0. The second-order valence-corrected chi connectivity index (χ2v) is 49.7. The molecule has 4 aromatic carbocycles. The van der Waals surface area contributed by atoms with Crippen LogP contribution in [0.1, 0.15) is 247 Å². The molecule has 1 aliphatic carbocycles. The van der Waals surface area contributed by atoms with Crippen LogP contribution in [0, 0.1) is 45.9 Å². The lowest BCUT2D eigenvalue weighted by molar-refractivity contribution is 0.202. The van der Waals surface area contributed by atoms with Gasteiger partial charge in [-0.15, -0.1) is 22.2 Å². The molecule has 4 aromatic rings. The van der Waals surface area contributed by atoms with E-state index in [4.69, 9.17) is 37.9 Å². The van der Waals surface area contributed by atoms with Crippen LogP contribution >= 0.6 is 0 Å². The smallest absolute Gasteiger partial charge is 0.142 e. The Labute approximate surface area is 560 Å². The molecular weight excluding hydrogens is 1200 g/mol. The SMILES string of the molecule is CCCCCCC1c2cc3c4c(C#C[Si](C)(C)C)c2OCCOc2c1cc1c(c2C#C[Si](C)(C)C)OCCOc2c(cc5c(c2C#C[Si](C)(C)C)OCCOc2c(cc(c(c2C#C[Si](C)(C)C)OCCO4)C3CCCCCC)C5CCCCCC)C1CCCCCC. The Bertz CT molecular complexity index is 2920. The van der Waals surface area contributed by atoms with Gasteiger partial charge in [0.2, 0.25) is 0 Å². The van der Waals surface area contributed by atoms with Crippen molar-refractivity contribution in [3.05, 3.63) is 91.0 Å². The highest BCUT2D eigenvalue weighted by Gasteiger charge is 2.41. The summed E-state index contributed by atoms with van der Waals surface area (Å²) < 4.78 is 59.2. The van der Waals surface area contributed by atoms with Crippen LogP contribution in [0.5, 0.6) is 46.0 Å². The van der Waals surface area contributed by atoms with Gasteiger partial charge in [0.05, 0.1) is 0 Å². The molecule has 0 N–H and O–H groups in total. The number of benzene rings is 4. The zero-order chi connectivity index (χ0) is 65.8. The second kappa shape index (κ2) is 31.8. The minimum absolute atomic E-state index is 0.192. The lowest BCUT2D eigenvalue weighted by Gasteiger charge is -2.32. The van der Waals surface area contributed by atoms with Crippen LogP contribution in [0.4, 0.5) is 0 Å². The zero-order valence-corrected chi connectivity index (χ0v) is 63.7. The molecule has 4 heterocycles. The Morgan fingerprint density at radius 3 is 0.565 bits per heavy atom. The van der Waals surface area contributed by atoms with Gasteiger partial charge >= 0.3 is 0 Å². The number of hydrogen-bond donors (Lipinski definition) is 0. The summed E-state index contributed by atoms with van der Waals surface area (Å²) in [5.74, 6) is 21.4. The third-order valence-corrected chi connectivity index (χ3v) is 21.6. The van der Waals surface area contributed by atoms with Crippen LogP contribution in [-0.4, -0.2) is 85.2 Å². The molecule has 0 atom stereocenters. The molecule has 12 heteroatoms. The molecule has 496 valence electrons. The van der Waals surface area contributed by atoms with Gasteiger partial charge in [-0.05, 0) is 49.9 Å². The maximum absolute atomic E-state index is 7.41. The van der Waals surface area contributed by atoms with E-state index in [1.54, 1.807) is 0 Å². The van der Waals surface area contributed by atoms with Gasteiger partial charge in [-0.3, -0.25) is 0 Å². The number of ether oxygens (including phenoxy) is 8. The second-order valence-electron chi connectivity index (χ2n) is 30.7. The Kier molecular flexibility index (Phi) is 24.4. The molecule has 5 aliphatic rings. The van der Waals surface area contributed by atoms with E-state index in [0.29, 0.717) is 52.9 Å². The topological polar surface area (TPSA) is 73.8 Å². The molecule has 0 spiro atoms. The van der Waals surface area contributed by atoms with E-state index in [1.807, 2.05) is 0 Å². The number of rotatable bonds is 20. The normalized spacial score (nSPS) is 18.0. The molecule has 4 aliphatic heterocycles. The van der Waals surface area contributed by atoms with E-state index in [9.17, 15) is 0 Å². The van der Waals surface area contributed by atoms with Crippen LogP contribution in [-0.2, 0) is 0 Å². The van der Waals surface area contributed by atoms with Gasteiger partial charge in [-0.2, -0.15) is 0 Å². The first kappa shape index (κ1) is 70.7. The van der Waals surface area contributed by atoms with Crippen molar-refractivity contribution in [1.29, 1.82) is 0 Å². The third-order valence-electron chi connectivity index (χ3n) is 18.1. The van der Waals surface area contributed by atoms with E-state index in [-0.39, 0.29) is 23.7 Å². The van der Waals surface area contributed by atoms with Crippen LogP contribution in [0.15, 0.2) is 24.3 Å². The van der Waals surface area contributed by atoms with Crippen LogP contribution in [0.3, 0.4) is 0 Å². The third kappa shape index (κ3) is 17.6. The van der Waals surface area contributed by atoms with Gasteiger partial charge in [0, 0.05) is 68.2 Å². The fourth-order valence-electron chi connectivity index (χ4n) is 13.7. The lowest BCUT2D eigenvalue weighted by Crippen LogP contribution is -2.18. The monoisotopic (exact) mass is 1310 g/mol. The molecule has 8 bridgehead atoms. The number of hydrogen-bond acceptors (Lipinski definition) is 8. The van der Waals surface area contributed by atoms with Crippen molar-refractivity contribution >= 4 is 32.3 Å². The first-order chi connectivity index (χ1) is 44.0. The molecule has 0 saturated carbocycles. The lowest BCUT2D eigenvalue weighted by atomic mass is 9.74. The summed E-state index contributed by atoms with van der Waals surface area (Å²) in [5.41, 5.74) is 28.0. The highest BCUT2D eigenvalue weighted by molar-refractivity contribution is 6.85. The first-order valence-corrected chi connectivity index (χ1v) is 50.0. The molecule has 0 aromatic heterocycles. The van der Waals surface area contributed by atoms with E-state index in [1.165, 1.54) is 0 Å². The Morgan fingerprint density at radius 1 is 0.261 bits per heavy atom. The maximum Gasteiger partial charge on any atom is 0.142 e. The standard InChI is InChI=1S/C80H112O8Si4/c1-17-21-25-29-33-57-65-53-67-58(34-30-26-22-18-2)69-55-71-60(36-32-28-24-20-4)72-56-70-59(35-31-27-23-19-3)68-54-66(57)74-62(38-50-90(8,9)10)76(68)84-44-46-86-78(70)64(40-52-92(14,15)16)80(72)88-48-47-87-79(71)63(39-51-91(11,12)13)77(69)85-45-43-83-75(67)61(37-49-89(5,6)7)73(65)81-41-42-82-74/h53-60H,17-36,41-48H2,1-16H3. The summed E-state index contributed by atoms with van der Waals surface area (Å²) in [6, 6.07) is 10.1. The van der Waals surface area contributed by atoms with Crippen molar-refractivity contribution < 1.29 is 37.9 Å². The Hall–Kier alpha value is -5.61. The predicted molar refractivity (Wildman–Crippen MR) is 393 cm³/mol.